The lowest BCUT2D eigenvalue weighted by atomic mass is 9.60. The van der Waals surface area contributed by atoms with Crippen LogP contribution in [0.15, 0.2) is 0 Å². The second-order valence-corrected chi connectivity index (χ2v) is 5.12. The van der Waals surface area contributed by atoms with Crippen molar-refractivity contribution < 1.29 is 9.90 Å². The van der Waals surface area contributed by atoms with E-state index in [-0.39, 0.29) is 0 Å². The summed E-state index contributed by atoms with van der Waals surface area (Å²) in [6.45, 7) is 3.57. The maximum absolute atomic E-state index is 11.4. The van der Waals surface area contributed by atoms with E-state index in [1.165, 1.54) is 19.3 Å². The Morgan fingerprint density at radius 3 is 2.53 bits per heavy atom. The number of nitrogens with one attached hydrogen (secondary N) is 1. The highest BCUT2D eigenvalue weighted by Crippen LogP contribution is 2.46. The Balaban J connectivity index is 2.15. The molecule has 0 bridgehead atoms. The molecule has 1 heterocycles. The Labute approximate surface area is 91.2 Å². The second kappa shape index (κ2) is 4.12. The fourth-order valence-electron chi connectivity index (χ4n) is 3.39. The van der Waals surface area contributed by atoms with Crippen LogP contribution in [0, 0.1) is 17.3 Å². The summed E-state index contributed by atoms with van der Waals surface area (Å²) in [6.07, 6.45) is 6.00. The summed E-state index contributed by atoms with van der Waals surface area (Å²) >= 11 is 0. The van der Waals surface area contributed by atoms with Gasteiger partial charge >= 0.3 is 5.97 Å². The molecule has 15 heavy (non-hydrogen) atoms. The molecule has 2 fully saturated rings. The van der Waals surface area contributed by atoms with Gasteiger partial charge in [0.1, 0.15) is 0 Å². The third-order valence-corrected chi connectivity index (χ3v) is 4.45. The number of carboxylic acids is 1. The molecular weight excluding hydrogens is 190 g/mol. The van der Waals surface area contributed by atoms with Crippen LogP contribution in [-0.4, -0.2) is 24.2 Å². The quantitative estimate of drug-likeness (QED) is 0.749. The Morgan fingerprint density at radius 1 is 1.40 bits per heavy atom. The number of hydrogen-bond donors (Lipinski definition) is 2. The Morgan fingerprint density at radius 2 is 2.07 bits per heavy atom. The third-order valence-electron chi connectivity index (χ3n) is 4.45. The van der Waals surface area contributed by atoms with Crippen LogP contribution in [0.5, 0.6) is 0 Å². The summed E-state index contributed by atoms with van der Waals surface area (Å²) < 4.78 is 0. The van der Waals surface area contributed by atoms with Crippen molar-refractivity contribution in [1.82, 2.24) is 5.32 Å². The Hall–Kier alpha value is -0.570. The van der Waals surface area contributed by atoms with Gasteiger partial charge in [-0.3, -0.25) is 4.79 Å². The summed E-state index contributed by atoms with van der Waals surface area (Å²) in [5.74, 6) is 0.471. The van der Waals surface area contributed by atoms with Gasteiger partial charge in [-0.25, -0.2) is 0 Å². The van der Waals surface area contributed by atoms with E-state index in [9.17, 15) is 9.90 Å². The minimum absolute atomic E-state index is 0.412. The molecule has 0 aromatic heterocycles. The van der Waals surface area contributed by atoms with Crippen LogP contribution in [0.3, 0.4) is 0 Å². The molecule has 1 aliphatic heterocycles. The minimum atomic E-state index is -0.577. The minimum Gasteiger partial charge on any atom is -0.481 e. The van der Waals surface area contributed by atoms with Gasteiger partial charge < -0.3 is 10.4 Å². The Bertz CT molecular complexity index is 248. The van der Waals surface area contributed by atoms with E-state index in [1.54, 1.807) is 0 Å². The predicted octanol–water partition coefficient (Wildman–Crippen LogP) is 1.88. The molecule has 2 N–H and O–H groups in total. The van der Waals surface area contributed by atoms with Gasteiger partial charge in [-0.05, 0) is 18.3 Å². The van der Waals surface area contributed by atoms with Crippen LogP contribution < -0.4 is 5.32 Å². The monoisotopic (exact) mass is 211 g/mol. The van der Waals surface area contributed by atoms with Gasteiger partial charge in [0.15, 0.2) is 0 Å². The second-order valence-electron chi connectivity index (χ2n) is 5.12. The predicted molar refractivity (Wildman–Crippen MR) is 58.7 cm³/mol. The zero-order chi connectivity index (χ0) is 10.9. The van der Waals surface area contributed by atoms with E-state index in [1.807, 2.05) is 0 Å². The van der Waals surface area contributed by atoms with E-state index in [4.69, 9.17) is 0 Å². The molecule has 2 aliphatic rings. The average Bonchev–Trinajstić information content (AvgIpc) is 2.16. The summed E-state index contributed by atoms with van der Waals surface area (Å²) in [5.41, 5.74) is -0.429. The first-order valence-electron chi connectivity index (χ1n) is 6.15. The van der Waals surface area contributed by atoms with E-state index in [0.717, 1.165) is 12.8 Å². The van der Waals surface area contributed by atoms with Crippen LogP contribution in [-0.2, 0) is 4.79 Å². The molecular formula is C12H21NO2. The first-order valence-corrected chi connectivity index (χ1v) is 6.15. The van der Waals surface area contributed by atoms with Crippen LogP contribution in [0.25, 0.3) is 0 Å². The number of aliphatic carboxylic acids is 1. The molecule has 86 valence electrons. The van der Waals surface area contributed by atoms with Crippen LogP contribution in [0.4, 0.5) is 0 Å². The van der Waals surface area contributed by atoms with Crippen molar-refractivity contribution in [2.75, 3.05) is 13.1 Å². The van der Waals surface area contributed by atoms with Gasteiger partial charge in [0.2, 0.25) is 0 Å². The number of hydrogen-bond acceptors (Lipinski definition) is 2. The van der Waals surface area contributed by atoms with Crippen LogP contribution >= 0.6 is 0 Å². The Kier molecular flexibility index (Phi) is 3.01. The third kappa shape index (κ3) is 1.67. The van der Waals surface area contributed by atoms with Gasteiger partial charge in [0.05, 0.1) is 5.41 Å². The van der Waals surface area contributed by atoms with Crippen molar-refractivity contribution in [3.63, 3.8) is 0 Å². The van der Waals surface area contributed by atoms with Crippen LogP contribution in [0.1, 0.15) is 39.0 Å². The van der Waals surface area contributed by atoms with E-state index in [2.05, 4.69) is 12.2 Å². The maximum atomic E-state index is 11.4. The highest BCUT2D eigenvalue weighted by atomic mass is 16.4. The molecule has 2 rings (SSSR count). The summed E-state index contributed by atoms with van der Waals surface area (Å²) in [6, 6.07) is 0. The molecule has 2 atom stereocenters. The number of carbonyl (C=O) groups is 1. The molecule has 0 spiro atoms. The fourth-order valence-corrected chi connectivity index (χ4v) is 3.39. The molecule has 3 heteroatoms. The van der Waals surface area contributed by atoms with Gasteiger partial charge in [-0.15, -0.1) is 0 Å². The summed E-state index contributed by atoms with van der Waals surface area (Å²) in [4.78, 5) is 11.4. The lowest BCUT2D eigenvalue weighted by Crippen LogP contribution is -2.63. The van der Waals surface area contributed by atoms with Crippen molar-refractivity contribution in [3.05, 3.63) is 0 Å². The number of carboxylic acid groups (broad SMARTS) is 1. The van der Waals surface area contributed by atoms with E-state index < -0.39 is 11.4 Å². The van der Waals surface area contributed by atoms with Crippen molar-refractivity contribution >= 4 is 5.97 Å². The van der Waals surface area contributed by atoms with Gasteiger partial charge in [-0.2, -0.15) is 0 Å². The molecule has 1 saturated carbocycles. The highest BCUT2D eigenvalue weighted by molar-refractivity contribution is 5.77. The SMILES string of the molecule is CCC1CCCCC1C1(C(=O)O)CNC1. The van der Waals surface area contributed by atoms with Gasteiger partial charge in [0, 0.05) is 13.1 Å². The fraction of sp³-hybridized carbons (Fsp3) is 0.917. The van der Waals surface area contributed by atoms with Crippen molar-refractivity contribution in [3.8, 4) is 0 Å². The normalized spacial score (nSPS) is 34.5. The lowest BCUT2D eigenvalue weighted by molar-refractivity contribution is -0.160. The molecule has 1 saturated heterocycles. The van der Waals surface area contributed by atoms with Crippen molar-refractivity contribution in [1.29, 1.82) is 0 Å². The largest absolute Gasteiger partial charge is 0.481 e. The first-order chi connectivity index (χ1) is 7.20. The van der Waals surface area contributed by atoms with Crippen LogP contribution in [0.2, 0.25) is 0 Å². The lowest BCUT2D eigenvalue weighted by Gasteiger charge is -2.49. The topological polar surface area (TPSA) is 49.3 Å². The summed E-state index contributed by atoms with van der Waals surface area (Å²) in [5, 5.41) is 12.6. The van der Waals surface area contributed by atoms with Crippen molar-refractivity contribution in [2.24, 2.45) is 17.3 Å². The highest BCUT2D eigenvalue weighted by Gasteiger charge is 2.52. The van der Waals surface area contributed by atoms with Gasteiger partial charge in [0.25, 0.3) is 0 Å². The zero-order valence-electron chi connectivity index (χ0n) is 9.46. The van der Waals surface area contributed by atoms with E-state index >= 15 is 0 Å². The molecule has 0 radical (unpaired) electrons. The van der Waals surface area contributed by atoms with E-state index in [0.29, 0.717) is 24.9 Å². The number of rotatable bonds is 3. The molecule has 1 aliphatic carbocycles. The van der Waals surface area contributed by atoms with Crippen molar-refractivity contribution in [2.45, 2.75) is 39.0 Å². The molecule has 0 amide bonds. The summed E-state index contributed by atoms with van der Waals surface area (Å²) in [7, 11) is 0. The molecule has 2 unspecified atom stereocenters. The molecule has 0 aromatic carbocycles. The maximum Gasteiger partial charge on any atom is 0.312 e. The first kappa shape index (κ1) is 10.9. The standard InChI is InChI=1S/C12H21NO2/c1-2-9-5-3-4-6-10(9)12(11(14)15)7-13-8-12/h9-10,13H,2-8H2,1H3,(H,14,15). The smallest absolute Gasteiger partial charge is 0.312 e. The molecule has 0 aromatic rings. The average molecular weight is 211 g/mol. The zero-order valence-corrected chi connectivity index (χ0v) is 9.46. The van der Waals surface area contributed by atoms with Gasteiger partial charge in [-0.1, -0.05) is 32.6 Å². The molecule has 3 nitrogen and oxygen atoms in total.